The van der Waals surface area contributed by atoms with Crippen LogP contribution in [0.5, 0.6) is 5.75 Å². The molecule has 0 spiro atoms. The molecular formula is C31H33FN6O4. The van der Waals surface area contributed by atoms with Gasteiger partial charge >= 0.3 is 0 Å². The van der Waals surface area contributed by atoms with Crippen LogP contribution in [0.4, 0.5) is 16.0 Å². The first-order valence-electron chi connectivity index (χ1n) is 14.0. The Morgan fingerprint density at radius 2 is 1.83 bits per heavy atom. The Morgan fingerprint density at radius 3 is 2.57 bits per heavy atom. The fourth-order valence-electron chi connectivity index (χ4n) is 5.26. The third-order valence-electron chi connectivity index (χ3n) is 7.57. The largest absolute Gasteiger partial charge is 0.497 e. The number of imidazole rings is 1. The second-order valence-electron chi connectivity index (χ2n) is 10.8. The highest BCUT2D eigenvalue weighted by atomic mass is 19.1. The van der Waals surface area contributed by atoms with Crippen molar-refractivity contribution in [3.05, 3.63) is 72.4 Å². The van der Waals surface area contributed by atoms with E-state index in [1.807, 2.05) is 36.1 Å². The molecule has 0 saturated carbocycles. The van der Waals surface area contributed by atoms with Crippen LogP contribution >= 0.6 is 0 Å². The number of nitrogens with one attached hydrogen (secondary N) is 2. The van der Waals surface area contributed by atoms with Gasteiger partial charge in [-0.25, -0.2) is 19.3 Å². The van der Waals surface area contributed by atoms with E-state index < -0.39 is 11.7 Å². The monoisotopic (exact) mass is 572 g/mol. The number of H-pyrrole nitrogens is 1. The van der Waals surface area contributed by atoms with Gasteiger partial charge < -0.3 is 29.4 Å². The number of carbonyl (C=O) groups is 1. The smallest absolute Gasteiger partial charge is 0.233 e. The fraction of sp³-hybridized carbons (Fsp3) is 0.355. The molecule has 6 rings (SSSR count). The molecule has 2 N–H and O–H groups in total. The lowest BCUT2D eigenvalue weighted by Crippen LogP contribution is -2.51. The molecule has 2 aliphatic rings. The summed E-state index contributed by atoms with van der Waals surface area (Å²) in [5.41, 5.74) is 2.40. The number of piperidine rings is 1. The van der Waals surface area contributed by atoms with E-state index in [0.717, 1.165) is 38.0 Å². The van der Waals surface area contributed by atoms with Crippen LogP contribution in [0, 0.1) is 11.2 Å². The average molecular weight is 573 g/mol. The van der Waals surface area contributed by atoms with E-state index in [4.69, 9.17) is 24.2 Å². The molecule has 2 aromatic heterocycles. The van der Waals surface area contributed by atoms with Crippen molar-refractivity contribution in [2.75, 3.05) is 38.7 Å². The van der Waals surface area contributed by atoms with Gasteiger partial charge in [0.05, 0.1) is 42.8 Å². The molecule has 4 heterocycles. The van der Waals surface area contributed by atoms with Gasteiger partial charge in [-0.15, -0.1) is 0 Å². The van der Waals surface area contributed by atoms with Crippen molar-refractivity contribution in [3.63, 3.8) is 0 Å². The molecule has 0 bridgehead atoms. The Labute approximate surface area is 243 Å². The Kier molecular flexibility index (Phi) is 7.86. The van der Waals surface area contributed by atoms with Gasteiger partial charge in [-0.3, -0.25) is 4.79 Å². The molecule has 0 radical (unpaired) electrons. The van der Waals surface area contributed by atoms with E-state index in [0.29, 0.717) is 40.2 Å². The highest BCUT2D eigenvalue weighted by Crippen LogP contribution is 2.36. The lowest BCUT2D eigenvalue weighted by molar-refractivity contribution is -0.234. The van der Waals surface area contributed by atoms with Crippen molar-refractivity contribution in [1.82, 2.24) is 24.8 Å². The number of benzene rings is 2. The zero-order valence-electron chi connectivity index (χ0n) is 23.6. The molecule has 2 aliphatic heterocycles. The van der Waals surface area contributed by atoms with Gasteiger partial charge in [0.1, 0.15) is 11.6 Å². The van der Waals surface area contributed by atoms with Crippen LogP contribution in [-0.4, -0.2) is 64.2 Å². The zero-order valence-corrected chi connectivity index (χ0v) is 23.6. The van der Waals surface area contributed by atoms with Gasteiger partial charge in [-0.05, 0) is 68.7 Å². The first-order chi connectivity index (χ1) is 20.4. The summed E-state index contributed by atoms with van der Waals surface area (Å²) < 4.78 is 31.3. The molecule has 10 nitrogen and oxygen atoms in total. The highest BCUT2D eigenvalue weighted by Gasteiger charge is 2.43. The summed E-state index contributed by atoms with van der Waals surface area (Å²) in [5, 5.41) is 3.20. The number of ether oxygens (including phenoxy) is 3. The Balaban J connectivity index is 1.27. The number of anilines is 2. The maximum absolute atomic E-state index is 13.8. The van der Waals surface area contributed by atoms with Crippen molar-refractivity contribution in [1.29, 1.82) is 0 Å². The van der Waals surface area contributed by atoms with Gasteiger partial charge in [0.15, 0.2) is 5.82 Å². The third kappa shape index (κ3) is 5.83. The fourth-order valence-corrected chi connectivity index (χ4v) is 5.26. The van der Waals surface area contributed by atoms with E-state index in [2.05, 4.69) is 15.3 Å². The SMILES string of the molecule is COc1cccc(Nc2nccc(-c3[nH]c(C4OCC(C)(C(=O)N5CCCCC5)CO4)nc3-c3ccc(F)cc3)n2)c1. The lowest BCUT2D eigenvalue weighted by atomic mass is 9.89. The lowest BCUT2D eigenvalue weighted by Gasteiger charge is -2.40. The van der Waals surface area contributed by atoms with E-state index >= 15 is 0 Å². The van der Waals surface area contributed by atoms with Gasteiger partial charge in [-0.1, -0.05) is 6.07 Å². The minimum atomic E-state index is -0.809. The molecule has 1 amide bonds. The van der Waals surface area contributed by atoms with E-state index in [1.165, 1.54) is 12.1 Å². The molecule has 42 heavy (non-hydrogen) atoms. The Morgan fingerprint density at radius 1 is 1.07 bits per heavy atom. The number of methoxy groups -OCH3 is 1. The molecule has 4 aromatic rings. The van der Waals surface area contributed by atoms with Crippen molar-refractivity contribution in [3.8, 4) is 28.4 Å². The molecule has 2 saturated heterocycles. The summed E-state index contributed by atoms with van der Waals surface area (Å²) in [4.78, 5) is 32.4. The number of rotatable bonds is 7. The second kappa shape index (κ2) is 11.9. The summed E-state index contributed by atoms with van der Waals surface area (Å²) in [7, 11) is 1.61. The maximum Gasteiger partial charge on any atom is 0.233 e. The Hall–Kier alpha value is -4.35. The van der Waals surface area contributed by atoms with Crippen molar-refractivity contribution < 1.29 is 23.4 Å². The van der Waals surface area contributed by atoms with Crippen LogP contribution in [0.2, 0.25) is 0 Å². The number of hydrogen-bond acceptors (Lipinski definition) is 8. The van der Waals surface area contributed by atoms with E-state index in [1.54, 1.807) is 31.5 Å². The zero-order chi connectivity index (χ0) is 29.1. The van der Waals surface area contributed by atoms with Crippen LogP contribution in [0.15, 0.2) is 60.8 Å². The van der Waals surface area contributed by atoms with Gasteiger partial charge in [0, 0.05) is 36.6 Å². The van der Waals surface area contributed by atoms with Crippen LogP contribution < -0.4 is 10.1 Å². The van der Waals surface area contributed by atoms with Crippen LogP contribution in [0.1, 0.15) is 38.3 Å². The summed E-state index contributed by atoms with van der Waals surface area (Å²) >= 11 is 0. The highest BCUT2D eigenvalue weighted by molar-refractivity contribution is 5.83. The van der Waals surface area contributed by atoms with Crippen molar-refractivity contribution in [2.45, 2.75) is 32.5 Å². The van der Waals surface area contributed by atoms with E-state index in [-0.39, 0.29) is 24.9 Å². The number of hydrogen-bond donors (Lipinski definition) is 2. The number of nitrogens with zero attached hydrogens (tertiary/aromatic N) is 4. The molecule has 0 aliphatic carbocycles. The first kappa shape index (κ1) is 27.8. The topological polar surface area (TPSA) is 114 Å². The quantitative estimate of drug-likeness (QED) is 0.299. The maximum atomic E-state index is 13.8. The standard InChI is InChI=1S/C31H33FN6O4/c1-31(29(39)38-15-4-3-5-16-38)18-41-28(42-19-31)27-36-25(20-9-11-21(32)12-10-20)26(37-27)24-13-14-33-30(35-24)34-22-7-6-8-23(17-22)40-2/h6-14,17,28H,3-5,15-16,18-19H2,1-2H3,(H,36,37)(H,33,34,35). The Bertz CT molecular complexity index is 1550. The normalized spacial score (nSPS) is 20.7. The van der Waals surface area contributed by atoms with Crippen LogP contribution in [0.25, 0.3) is 22.6 Å². The number of aromatic amines is 1. The molecule has 2 fully saturated rings. The first-order valence-corrected chi connectivity index (χ1v) is 14.0. The van der Waals surface area contributed by atoms with Crippen LogP contribution in [-0.2, 0) is 14.3 Å². The molecule has 0 unspecified atom stereocenters. The van der Waals surface area contributed by atoms with Gasteiger partial charge in [-0.2, -0.15) is 0 Å². The summed E-state index contributed by atoms with van der Waals surface area (Å²) in [6.07, 6.45) is 4.03. The van der Waals surface area contributed by atoms with Crippen molar-refractivity contribution >= 4 is 17.5 Å². The van der Waals surface area contributed by atoms with Crippen LogP contribution in [0.3, 0.4) is 0 Å². The average Bonchev–Trinajstić information content (AvgIpc) is 3.47. The number of halogens is 1. The number of amides is 1. The van der Waals surface area contributed by atoms with Crippen molar-refractivity contribution in [2.24, 2.45) is 5.41 Å². The molecule has 0 atom stereocenters. The van der Waals surface area contributed by atoms with E-state index in [9.17, 15) is 9.18 Å². The third-order valence-corrected chi connectivity index (χ3v) is 7.57. The molecule has 2 aromatic carbocycles. The summed E-state index contributed by atoms with van der Waals surface area (Å²) in [6.45, 7) is 3.84. The molecule has 11 heteroatoms. The summed E-state index contributed by atoms with van der Waals surface area (Å²) in [5.74, 6) is 1.22. The minimum Gasteiger partial charge on any atom is -0.497 e. The number of likely N-dealkylation sites (tertiary alicyclic amines) is 1. The molecular weight excluding hydrogens is 539 g/mol. The summed E-state index contributed by atoms with van der Waals surface area (Å²) in [6, 6.07) is 15.3. The number of carbonyl (C=O) groups excluding carboxylic acids is 1. The predicted molar refractivity (Wildman–Crippen MR) is 154 cm³/mol. The van der Waals surface area contributed by atoms with Gasteiger partial charge in [0.25, 0.3) is 0 Å². The minimum absolute atomic E-state index is 0.0600. The second-order valence-corrected chi connectivity index (χ2v) is 10.8. The van der Waals surface area contributed by atoms with Gasteiger partial charge in [0.2, 0.25) is 18.1 Å². The number of aromatic nitrogens is 4. The molecule has 218 valence electrons. The predicted octanol–water partition coefficient (Wildman–Crippen LogP) is 5.49.